The Morgan fingerprint density at radius 3 is 2.75 bits per heavy atom. The first kappa shape index (κ1) is 12.3. The van der Waals surface area contributed by atoms with Crippen molar-refractivity contribution in [2.24, 2.45) is 0 Å². The molecule has 0 amide bonds. The summed E-state index contributed by atoms with van der Waals surface area (Å²) in [5.74, 6) is -2.15. The number of aromatic nitrogens is 1. The molecule has 1 aromatic heterocycles. The van der Waals surface area contributed by atoms with Gasteiger partial charge in [-0.15, -0.1) is 0 Å². The van der Waals surface area contributed by atoms with Crippen molar-refractivity contribution in [1.82, 2.24) is 4.98 Å². The number of hydrogen-bond acceptors (Lipinski definition) is 4. The lowest BCUT2D eigenvalue weighted by Crippen LogP contribution is -2.10. The van der Waals surface area contributed by atoms with Crippen molar-refractivity contribution >= 4 is 11.8 Å². The third-order valence-corrected chi connectivity index (χ3v) is 1.88. The summed E-state index contributed by atoms with van der Waals surface area (Å²) in [7, 11) is 1.15. The minimum atomic E-state index is -3.05. The molecule has 1 heterocycles. The second-order valence-corrected chi connectivity index (χ2v) is 2.95. The molecule has 2 N–H and O–H groups in total. The third kappa shape index (κ3) is 2.62. The fourth-order valence-electron chi connectivity index (χ4n) is 1.08. The standard InChI is InChI=1S/C9H9F3N2O2/c1-16-6(15)3-4-2-5(10)7(8(11)12)14-9(4)13/h2,8H,3H2,1H3,(H2,13,14). The fraction of sp³-hybridized carbons (Fsp3) is 0.333. The summed E-state index contributed by atoms with van der Waals surface area (Å²) in [4.78, 5) is 14.1. The van der Waals surface area contributed by atoms with Gasteiger partial charge in [0.2, 0.25) is 0 Å². The van der Waals surface area contributed by atoms with Crippen LogP contribution in [0.5, 0.6) is 0 Å². The van der Waals surface area contributed by atoms with Crippen LogP contribution < -0.4 is 5.73 Å². The van der Waals surface area contributed by atoms with Crippen molar-refractivity contribution in [3.8, 4) is 0 Å². The number of halogens is 3. The van der Waals surface area contributed by atoms with Crippen molar-refractivity contribution in [1.29, 1.82) is 0 Å². The van der Waals surface area contributed by atoms with Crippen molar-refractivity contribution in [3.05, 3.63) is 23.1 Å². The summed E-state index contributed by atoms with van der Waals surface area (Å²) in [5.41, 5.74) is 4.31. The number of alkyl halides is 2. The van der Waals surface area contributed by atoms with Crippen LogP contribution in [-0.4, -0.2) is 18.1 Å². The molecular weight excluding hydrogens is 225 g/mol. The Balaban J connectivity index is 3.05. The van der Waals surface area contributed by atoms with Gasteiger partial charge in [0, 0.05) is 5.56 Å². The van der Waals surface area contributed by atoms with E-state index in [0.29, 0.717) is 0 Å². The molecule has 0 atom stereocenters. The molecule has 0 aliphatic carbocycles. The van der Waals surface area contributed by atoms with Crippen molar-refractivity contribution < 1.29 is 22.7 Å². The maximum absolute atomic E-state index is 13.1. The van der Waals surface area contributed by atoms with E-state index < -0.39 is 23.9 Å². The van der Waals surface area contributed by atoms with Gasteiger partial charge < -0.3 is 10.5 Å². The number of nitrogens with two attached hydrogens (primary N) is 1. The van der Waals surface area contributed by atoms with E-state index in [1.807, 2.05) is 0 Å². The number of methoxy groups -OCH3 is 1. The molecule has 0 fully saturated rings. The molecule has 0 aliphatic rings. The number of nitrogens with zero attached hydrogens (tertiary/aromatic N) is 1. The summed E-state index contributed by atoms with van der Waals surface area (Å²) in [6.07, 6.45) is -3.36. The minimum absolute atomic E-state index is 0.0220. The smallest absolute Gasteiger partial charge is 0.310 e. The maximum atomic E-state index is 13.1. The van der Waals surface area contributed by atoms with Crippen molar-refractivity contribution in [2.45, 2.75) is 12.8 Å². The zero-order valence-corrected chi connectivity index (χ0v) is 8.34. The quantitative estimate of drug-likeness (QED) is 0.804. The van der Waals surface area contributed by atoms with Crippen LogP contribution >= 0.6 is 0 Å². The molecule has 0 bridgehead atoms. The van der Waals surface area contributed by atoms with Gasteiger partial charge in [-0.25, -0.2) is 18.2 Å². The number of anilines is 1. The van der Waals surface area contributed by atoms with Crippen molar-refractivity contribution in [3.63, 3.8) is 0 Å². The second kappa shape index (κ2) is 4.82. The normalized spacial score (nSPS) is 10.6. The lowest BCUT2D eigenvalue weighted by molar-refractivity contribution is -0.139. The molecule has 0 spiro atoms. The number of carbonyl (C=O) groups is 1. The van der Waals surface area contributed by atoms with E-state index in [1.54, 1.807) is 0 Å². The lowest BCUT2D eigenvalue weighted by Gasteiger charge is -2.07. The number of nitrogen functional groups attached to an aromatic ring is 1. The van der Waals surface area contributed by atoms with Gasteiger partial charge in [-0.05, 0) is 6.07 Å². The molecule has 88 valence electrons. The average Bonchev–Trinajstić information content (AvgIpc) is 2.22. The minimum Gasteiger partial charge on any atom is -0.469 e. The van der Waals surface area contributed by atoms with E-state index in [-0.39, 0.29) is 17.8 Å². The Morgan fingerprint density at radius 2 is 2.25 bits per heavy atom. The summed E-state index contributed by atoms with van der Waals surface area (Å²) in [5, 5.41) is 0. The van der Waals surface area contributed by atoms with Gasteiger partial charge in [0.1, 0.15) is 11.5 Å². The Kier molecular flexibility index (Phi) is 3.70. The number of carbonyl (C=O) groups excluding carboxylic acids is 1. The number of esters is 1. The zero-order valence-electron chi connectivity index (χ0n) is 8.34. The Bertz CT molecular complexity index is 410. The molecule has 0 saturated heterocycles. The van der Waals surface area contributed by atoms with Gasteiger partial charge in [0.05, 0.1) is 13.5 Å². The summed E-state index contributed by atoms with van der Waals surface area (Å²) < 4.78 is 41.9. The Hall–Kier alpha value is -1.79. The predicted octanol–water partition coefficient (Wildman–Crippen LogP) is 1.46. The molecule has 0 radical (unpaired) electrons. The van der Waals surface area contributed by atoms with Gasteiger partial charge in [-0.3, -0.25) is 4.79 Å². The van der Waals surface area contributed by atoms with Crippen LogP contribution in [0.25, 0.3) is 0 Å². The molecular formula is C9H9F3N2O2. The van der Waals surface area contributed by atoms with Crippen LogP contribution in [0.1, 0.15) is 17.7 Å². The lowest BCUT2D eigenvalue weighted by atomic mass is 10.1. The monoisotopic (exact) mass is 234 g/mol. The van der Waals surface area contributed by atoms with Gasteiger partial charge in [0.25, 0.3) is 6.43 Å². The molecule has 7 heteroatoms. The van der Waals surface area contributed by atoms with Crippen LogP contribution in [0.3, 0.4) is 0 Å². The highest BCUT2D eigenvalue weighted by Crippen LogP contribution is 2.23. The van der Waals surface area contributed by atoms with Crippen LogP contribution in [-0.2, 0) is 16.0 Å². The van der Waals surface area contributed by atoms with Gasteiger partial charge in [-0.1, -0.05) is 0 Å². The van der Waals surface area contributed by atoms with E-state index in [2.05, 4.69) is 9.72 Å². The van der Waals surface area contributed by atoms with Crippen LogP contribution in [0.4, 0.5) is 19.0 Å². The molecule has 4 nitrogen and oxygen atoms in total. The first-order valence-electron chi connectivity index (χ1n) is 4.25. The van der Waals surface area contributed by atoms with Gasteiger partial charge in [0.15, 0.2) is 5.82 Å². The molecule has 16 heavy (non-hydrogen) atoms. The summed E-state index contributed by atoms with van der Waals surface area (Å²) in [6.45, 7) is 0. The third-order valence-electron chi connectivity index (χ3n) is 1.88. The van der Waals surface area contributed by atoms with E-state index >= 15 is 0 Å². The summed E-state index contributed by atoms with van der Waals surface area (Å²) in [6, 6.07) is 0.765. The topological polar surface area (TPSA) is 65.2 Å². The summed E-state index contributed by atoms with van der Waals surface area (Å²) >= 11 is 0. The number of ether oxygens (including phenoxy) is 1. The largest absolute Gasteiger partial charge is 0.469 e. The predicted molar refractivity (Wildman–Crippen MR) is 49.3 cm³/mol. The molecule has 0 unspecified atom stereocenters. The highest BCUT2D eigenvalue weighted by molar-refractivity contribution is 5.74. The zero-order chi connectivity index (χ0) is 12.3. The van der Waals surface area contributed by atoms with E-state index in [0.717, 1.165) is 13.2 Å². The SMILES string of the molecule is COC(=O)Cc1cc(F)c(C(F)F)nc1N. The fourth-order valence-corrected chi connectivity index (χ4v) is 1.08. The first-order valence-corrected chi connectivity index (χ1v) is 4.25. The van der Waals surface area contributed by atoms with Gasteiger partial charge >= 0.3 is 5.97 Å². The molecule has 1 rings (SSSR count). The molecule has 1 aromatic rings. The average molecular weight is 234 g/mol. The van der Waals surface area contributed by atoms with E-state index in [1.165, 1.54) is 0 Å². The number of pyridine rings is 1. The highest BCUT2D eigenvalue weighted by atomic mass is 19.3. The molecule has 0 aromatic carbocycles. The second-order valence-electron chi connectivity index (χ2n) is 2.95. The maximum Gasteiger partial charge on any atom is 0.310 e. The van der Waals surface area contributed by atoms with Crippen molar-refractivity contribution in [2.75, 3.05) is 12.8 Å². The van der Waals surface area contributed by atoms with Crippen LogP contribution in [0, 0.1) is 5.82 Å². The van der Waals surface area contributed by atoms with Crippen LogP contribution in [0.15, 0.2) is 6.07 Å². The van der Waals surface area contributed by atoms with Gasteiger partial charge in [-0.2, -0.15) is 0 Å². The Labute approximate surface area is 89.2 Å². The van der Waals surface area contributed by atoms with E-state index in [9.17, 15) is 18.0 Å². The number of rotatable bonds is 3. The number of hydrogen-bond donors (Lipinski definition) is 1. The first-order chi connectivity index (χ1) is 7.45. The molecule has 0 saturated carbocycles. The van der Waals surface area contributed by atoms with E-state index in [4.69, 9.17) is 5.73 Å². The highest BCUT2D eigenvalue weighted by Gasteiger charge is 2.19. The van der Waals surface area contributed by atoms with Crippen LogP contribution in [0.2, 0.25) is 0 Å². The molecule has 0 aliphatic heterocycles. The Morgan fingerprint density at radius 1 is 1.62 bits per heavy atom.